The molecule has 110 valence electrons. The molecule has 0 atom stereocenters. The predicted octanol–water partition coefficient (Wildman–Crippen LogP) is 5.83. The number of rotatable bonds is 6. The summed E-state index contributed by atoms with van der Waals surface area (Å²) in [7, 11) is 0. The Morgan fingerprint density at radius 1 is 0.950 bits per heavy atom. The van der Waals surface area contributed by atoms with E-state index in [1.807, 2.05) is 12.1 Å². The summed E-state index contributed by atoms with van der Waals surface area (Å²) in [5.41, 5.74) is 1.24. The van der Waals surface area contributed by atoms with Gasteiger partial charge in [0.1, 0.15) is 5.82 Å². The van der Waals surface area contributed by atoms with Gasteiger partial charge in [-0.2, -0.15) is 0 Å². The summed E-state index contributed by atoms with van der Waals surface area (Å²) < 4.78 is 24.7. The van der Waals surface area contributed by atoms with Crippen LogP contribution in [-0.2, 0) is 6.42 Å². The van der Waals surface area contributed by atoms with E-state index in [-0.39, 0.29) is 5.82 Å². The van der Waals surface area contributed by atoms with Crippen molar-refractivity contribution in [2.45, 2.75) is 51.4 Å². The highest BCUT2D eigenvalue weighted by Gasteiger charge is 2.20. The third-order valence-electron chi connectivity index (χ3n) is 4.55. The second-order valence-corrected chi connectivity index (χ2v) is 5.99. The van der Waals surface area contributed by atoms with Crippen molar-refractivity contribution >= 4 is 0 Å². The highest BCUT2D eigenvalue weighted by Crippen LogP contribution is 2.33. The quantitative estimate of drug-likeness (QED) is 0.614. The van der Waals surface area contributed by atoms with Crippen molar-refractivity contribution < 1.29 is 8.78 Å². The average Bonchev–Trinajstić information content (AvgIpc) is 2.48. The van der Waals surface area contributed by atoms with Crippen LogP contribution in [0.15, 0.2) is 36.7 Å². The lowest BCUT2D eigenvalue weighted by Crippen LogP contribution is -2.15. The van der Waals surface area contributed by atoms with E-state index in [1.54, 1.807) is 18.2 Å². The number of hydrogen-bond donors (Lipinski definition) is 0. The van der Waals surface area contributed by atoms with Crippen molar-refractivity contribution in [3.8, 4) is 0 Å². The van der Waals surface area contributed by atoms with Crippen LogP contribution in [-0.4, -0.2) is 0 Å². The molecule has 0 nitrogen and oxygen atoms in total. The van der Waals surface area contributed by atoms with Gasteiger partial charge >= 0.3 is 0 Å². The van der Waals surface area contributed by atoms with E-state index < -0.39 is 0 Å². The molecule has 1 aromatic rings. The van der Waals surface area contributed by atoms with Crippen LogP contribution < -0.4 is 0 Å². The zero-order valence-electron chi connectivity index (χ0n) is 12.0. The van der Waals surface area contributed by atoms with Crippen LogP contribution in [0, 0.1) is 17.7 Å². The molecule has 1 aliphatic rings. The Morgan fingerprint density at radius 3 is 2.15 bits per heavy atom. The zero-order chi connectivity index (χ0) is 14.2. The number of allylic oxidation sites excluding steroid dienone is 1. The Kier molecular flexibility index (Phi) is 6.23. The molecule has 1 fully saturated rings. The van der Waals surface area contributed by atoms with Crippen molar-refractivity contribution in [3.05, 3.63) is 48.1 Å². The molecule has 0 N–H and O–H groups in total. The van der Waals surface area contributed by atoms with Gasteiger partial charge in [0.15, 0.2) is 0 Å². The van der Waals surface area contributed by atoms with Gasteiger partial charge < -0.3 is 0 Å². The summed E-state index contributed by atoms with van der Waals surface area (Å²) in [5.74, 6) is 1.44. The number of aryl methyl sites for hydroxylation is 1. The van der Waals surface area contributed by atoms with E-state index in [2.05, 4.69) is 0 Å². The van der Waals surface area contributed by atoms with Crippen LogP contribution in [0.1, 0.15) is 50.5 Å². The molecule has 2 heteroatoms. The van der Waals surface area contributed by atoms with E-state index in [9.17, 15) is 8.78 Å². The van der Waals surface area contributed by atoms with Crippen LogP contribution >= 0.6 is 0 Å². The van der Waals surface area contributed by atoms with Crippen LogP contribution in [0.5, 0.6) is 0 Å². The van der Waals surface area contributed by atoms with Crippen LogP contribution in [0.4, 0.5) is 8.78 Å². The van der Waals surface area contributed by atoms with Gasteiger partial charge in [-0.25, -0.2) is 8.78 Å². The topological polar surface area (TPSA) is 0 Å². The Hall–Kier alpha value is -1.18. The average molecular weight is 278 g/mol. The maximum Gasteiger partial charge on any atom is 0.123 e. The molecule has 0 amide bonds. The fraction of sp³-hybridized carbons (Fsp3) is 0.556. The summed E-state index contributed by atoms with van der Waals surface area (Å²) in [6.45, 7) is 0. The van der Waals surface area contributed by atoms with Crippen molar-refractivity contribution in [1.29, 1.82) is 0 Å². The van der Waals surface area contributed by atoms with Crippen LogP contribution in [0.25, 0.3) is 0 Å². The molecule has 0 saturated heterocycles. The van der Waals surface area contributed by atoms with Crippen molar-refractivity contribution in [3.63, 3.8) is 0 Å². The largest absolute Gasteiger partial charge is 0.216 e. The molecule has 2 rings (SSSR count). The van der Waals surface area contributed by atoms with Gasteiger partial charge in [0, 0.05) is 0 Å². The molecule has 1 saturated carbocycles. The fourth-order valence-electron chi connectivity index (χ4n) is 3.23. The molecule has 1 aromatic carbocycles. The van der Waals surface area contributed by atoms with Crippen molar-refractivity contribution in [1.82, 2.24) is 0 Å². The SMILES string of the molecule is F/C=C/CC[C@H]1CC[C@H](CCc2ccc(F)cc2)CC1. The van der Waals surface area contributed by atoms with E-state index in [0.29, 0.717) is 6.33 Å². The molecule has 0 bridgehead atoms. The van der Waals surface area contributed by atoms with E-state index >= 15 is 0 Å². The van der Waals surface area contributed by atoms with Gasteiger partial charge in [0.25, 0.3) is 0 Å². The molecule has 0 aliphatic heterocycles. The minimum Gasteiger partial charge on any atom is -0.216 e. The Bertz CT molecular complexity index is 400. The highest BCUT2D eigenvalue weighted by atomic mass is 19.1. The standard InChI is InChI=1S/C18H24F2/c19-14-2-1-3-15-4-6-16(7-5-15)8-9-17-10-12-18(20)13-11-17/h2,10-16H,1,3-9H2/b14-2+/t15-,16-. The Morgan fingerprint density at radius 2 is 1.55 bits per heavy atom. The Labute approximate surface area is 120 Å². The van der Waals surface area contributed by atoms with Crippen molar-refractivity contribution in [2.24, 2.45) is 11.8 Å². The van der Waals surface area contributed by atoms with Gasteiger partial charge in [-0.15, -0.1) is 0 Å². The summed E-state index contributed by atoms with van der Waals surface area (Å²) in [6.07, 6.45) is 11.7. The first-order valence-corrected chi connectivity index (χ1v) is 7.77. The minimum atomic E-state index is -0.156. The molecule has 0 aromatic heterocycles. The van der Waals surface area contributed by atoms with Crippen LogP contribution in [0.2, 0.25) is 0 Å². The maximum absolute atomic E-state index is 12.8. The summed E-state index contributed by atoms with van der Waals surface area (Å²) in [4.78, 5) is 0. The van der Waals surface area contributed by atoms with Crippen molar-refractivity contribution in [2.75, 3.05) is 0 Å². The molecule has 0 heterocycles. The van der Waals surface area contributed by atoms with Gasteiger partial charge in [0.05, 0.1) is 6.33 Å². The molecular formula is C18H24F2. The molecule has 0 spiro atoms. The number of hydrogen-bond acceptors (Lipinski definition) is 0. The highest BCUT2D eigenvalue weighted by molar-refractivity contribution is 5.16. The predicted molar refractivity (Wildman–Crippen MR) is 79.7 cm³/mol. The van der Waals surface area contributed by atoms with E-state index in [4.69, 9.17) is 0 Å². The zero-order valence-corrected chi connectivity index (χ0v) is 12.0. The lowest BCUT2D eigenvalue weighted by atomic mass is 9.78. The first-order chi connectivity index (χ1) is 9.78. The number of benzene rings is 1. The molecule has 0 unspecified atom stereocenters. The summed E-state index contributed by atoms with van der Waals surface area (Å²) >= 11 is 0. The molecule has 1 aliphatic carbocycles. The first-order valence-electron chi connectivity index (χ1n) is 7.77. The lowest BCUT2D eigenvalue weighted by Gasteiger charge is -2.28. The second kappa shape index (κ2) is 8.18. The van der Waals surface area contributed by atoms with Gasteiger partial charge in [-0.1, -0.05) is 43.9 Å². The summed E-state index contributed by atoms with van der Waals surface area (Å²) in [5, 5.41) is 0. The summed E-state index contributed by atoms with van der Waals surface area (Å²) in [6, 6.07) is 6.88. The first kappa shape index (κ1) is 15.2. The lowest BCUT2D eigenvalue weighted by molar-refractivity contribution is 0.254. The molecule has 20 heavy (non-hydrogen) atoms. The smallest absolute Gasteiger partial charge is 0.123 e. The van der Waals surface area contributed by atoms with Gasteiger partial charge in [-0.3, -0.25) is 0 Å². The van der Waals surface area contributed by atoms with Gasteiger partial charge in [0.2, 0.25) is 0 Å². The fourth-order valence-corrected chi connectivity index (χ4v) is 3.23. The van der Waals surface area contributed by atoms with E-state index in [1.165, 1.54) is 37.7 Å². The molecule has 0 radical (unpaired) electrons. The monoisotopic (exact) mass is 278 g/mol. The third kappa shape index (κ3) is 5.07. The Balaban J connectivity index is 1.65. The number of halogens is 2. The second-order valence-electron chi connectivity index (χ2n) is 5.99. The van der Waals surface area contributed by atoms with E-state index in [0.717, 1.165) is 31.1 Å². The third-order valence-corrected chi connectivity index (χ3v) is 4.55. The normalized spacial score (nSPS) is 23.3. The maximum atomic E-state index is 12.8. The molecular weight excluding hydrogens is 254 g/mol. The van der Waals surface area contributed by atoms with Gasteiger partial charge in [-0.05, 0) is 55.2 Å². The minimum absolute atomic E-state index is 0.156. The van der Waals surface area contributed by atoms with Crippen LogP contribution in [0.3, 0.4) is 0 Å².